The summed E-state index contributed by atoms with van der Waals surface area (Å²) in [5, 5.41) is 5.56. The molecule has 0 radical (unpaired) electrons. The Morgan fingerprint density at radius 2 is 1.76 bits per heavy atom. The second-order valence-electron chi connectivity index (χ2n) is 7.26. The normalized spacial score (nSPS) is 16.9. The fourth-order valence-electron chi connectivity index (χ4n) is 4.45. The number of rotatable bonds is 2. The van der Waals surface area contributed by atoms with Gasteiger partial charge in [-0.3, -0.25) is 4.98 Å². The van der Waals surface area contributed by atoms with Crippen LogP contribution in [0.15, 0.2) is 73.1 Å². The Hall–Kier alpha value is -2.67. The van der Waals surface area contributed by atoms with E-state index in [9.17, 15) is 0 Å². The van der Waals surface area contributed by atoms with Gasteiger partial charge in [0.15, 0.2) is 0 Å². The van der Waals surface area contributed by atoms with E-state index in [1.807, 2.05) is 18.5 Å². The molecular formula is C24H21N. The summed E-state index contributed by atoms with van der Waals surface area (Å²) >= 11 is 0. The maximum absolute atomic E-state index is 4.28. The molecule has 1 nitrogen and oxygen atoms in total. The van der Waals surface area contributed by atoms with Gasteiger partial charge in [-0.05, 0) is 75.9 Å². The van der Waals surface area contributed by atoms with E-state index < -0.39 is 0 Å². The molecular weight excluding hydrogens is 302 g/mol. The van der Waals surface area contributed by atoms with Crippen LogP contribution >= 0.6 is 0 Å². The van der Waals surface area contributed by atoms with Gasteiger partial charge in [0.05, 0.1) is 0 Å². The molecule has 0 saturated heterocycles. The van der Waals surface area contributed by atoms with Gasteiger partial charge in [0, 0.05) is 12.4 Å². The van der Waals surface area contributed by atoms with Gasteiger partial charge in [0.1, 0.15) is 0 Å². The molecule has 3 aromatic carbocycles. The number of hydrogen-bond donors (Lipinski definition) is 0. The van der Waals surface area contributed by atoms with E-state index in [4.69, 9.17) is 0 Å². The predicted octanol–water partition coefficient (Wildman–Crippen LogP) is 5.74. The summed E-state index contributed by atoms with van der Waals surface area (Å²) in [5.74, 6) is 0.716. The second kappa shape index (κ2) is 6.00. The Morgan fingerprint density at radius 3 is 2.68 bits per heavy atom. The number of pyridine rings is 1. The smallest absolute Gasteiger partial charge is 0.0299 e. The van der Waals surface area contributed by atoms with Gasteiger partial charge in [-0.15, -0.1) is 0 Å². The molecule has 1 heterocycles. The molecule has 0 amide bonds. The third-order valence-electron chi connectivity index (χ3n) is 5.70. The van der Waals surface area contributed by atoms with Crippen molar-refractivity contribution in [2.45, 2.75) is 25.7 Å². The molecule has 25 heavy (non-hydrogen) atoms. The number of aryl methyl sites for hydroxylation is 1. The van der Waals surface area contributed by atoms with E-state index in [0.717, 1.165) is 6.42 Å². The highest BCUT2D eigenvalue weighted by Crippen LogP contribution is 2.35. The Bertz CT molecular complexity index is 1050. The van der Waals surface area contributed by atoms with Crippen LogP contribution in [0, 0.1) is 5.92 Å². The van der Waals surface area contributed by atoms with Crippen LogP contribution in [0.2, 0.25) is 0 Å². The van der Waals surface area contributed by atoms with Gasteiger partial charge in [-0.25, -0.2) is 0 Å². The van der Waals surface area contributed by atoms with Crippen LogP contribution in [0.25, 0.3) is 21.5 Å². The van der Waals surface area contributed by atoms with Crippen molar-refractivity contribution in [3.05, 3.63) is 89.7 Å². The van der Waals surface area contributed by atoms with Gasteiger partial charge in [0.25, 0.3) is 0 Å². The minimum Gasteiger partial charge on any atom is -0.264 e. The monoisotopic (exact) mass is 323 g/mol. The van der Waals surface area contributed by atoms with Crippen molar-refractivity contribution in [3.8, 4) is 0 Å². The summed E-state index contributed by atoms with van der Waals surface area (Å²) in [6, 6.07) is 22.3. The molecule has 0 bridgehead atoms. The van der Waals surface area contributed by atoms with Crippen LogP contribution in [-0.4, -0.2) is 4.98 Å². The third-order valence-corrected chi connectivity index (χ3v) is 5.70. The Balaban J connectivity index is 1.57. The Morgan fingerprint density at radius 1 is 0.840 bits per heavy atom. The predicted molar refractivity (Wildman–Crippen MR) is 105 cm³/mol. The van der Waals surface area contributed by atoms with E-state index in [1.54, 1.807) is 11.1 Å². The molecule has 1 aliphatic rings. The van der Waals surface area contributed by atoms with Gasteiger partial charge in [-0.1, -0.05) is 54.6 Å². The van der Waals surface area contributed by atoms with Crippen molar-refractivity contribution < 1.29 is 0 Å². The summed E-state index contributed by atoms with van der Waals surface area (Å²) in [6.07, 6.45) is 8.67. The number of aromatic nitrogens is 1. The molecule has 1 atom stereocenters. The van der Waals surface area contributed by atoms with E-state index in [2.05, 4.69) is 59.6 Å². The molecule has 0 aliphatic heterocycles. The van der Waals surface area contributed by atoms with Crippen molar-refractivity contribution in [2.75, 3.05) is 0 Å². The summed E-state index contributed by atoms with van der Waals surface area (Å²) < 4.78 is 0. The van der Waals surface area contributed by atoms with E-state index >= 15 is 0 Å². The Kier molecular flexibility index (Phi) is 3.52. The van der Waals surface area contributed by atoms with Crippen molar-refractivity contribution in [1.82, 2.24) is 4.98 Å². The topological polar surface area (TPSA) is 12.9 Å². The lowest BCUT2D eigenvalue weighted by atomic mass is 9.78. The number of fused-ring (bicyclic) bond motifs is 5. The molecule has 0 saturated carbocycles. The highest BCUT2D eigenvalue weighted by molar-refractivity contribution is 6.08. The maximum Gasteiger partial charge on any atom is 0.0299 e. The first-order valence-corrected chi connectivity index (χ1v) is 9.19. The molecule has 0 N–H and O–H groups in total. The first-order chi connectivity index (χ1) is 12.4. The lowest BCUT2D eigenvalue weighted by Crippen LogP contribution is -2.17. The minimum atomic E-state index is 0.716. The summed E-state index contributed by atoms with van der Waals surface area (Å²) in [5.41, 5.74) is 4.48. The largest absolute Gasteiger partial charge is 0.264 e. The maximum atomic E-state index is 4.28. The molecule has 0 fully saturated rings. The minimum absolute atomic E-state index is 0.716. The van der Waals surface area contributed by atoms with Crippen LogP contribution < -0.4 is 0 Å². The molecule has 4 aromatic rings. The molecule has 1 aromatic heterocycles. The molecule has 0 spiro atoms. The fourth-order valence-corrected chi connectivity index (χ4v) is 4.45. The molecule has 1 aliphatic carbocycles. The molecule has 5 rings (SSSR count). The lowest BCUT2D eigenvalue weighted by molar-refractivity contribution is 0.457. The van der Waals surface area contributed by atoms with E-state index in [-0.39, 0.29) is 0 Å². The summed E-state index contributed by atoms with van der Waals surface area (Å²) in [6.45, 7) is 0. The standard InChI is InChI=1S/C24H21N/c1-2-6-21-19(5-1)9-12-23-22(21)11-10-20-8-7-17(15-24(20)23)14-18-4-3-13-25-16-18/h1-6,9-13,16-17H,7-8,14-15H2. The number of hydrogen-bond acceptors (Lipinski definition) is 1. The van der Waals surface area contributed by atoms with Crippen LogP contribution in [0.5, 0.6) is 0 Å². The number of nitrogens with zero attached hydrogens (tertiary/aromatic N) is 1. The summed E-state index contributed by atoms with van der Waals surface area (Å²) in [4.78, 5) is 4.28. The average molecular weight is 323 g/mol. The number of benzene rings is 3. The molecule has 1 unspecified atom stereocenters. The first-order valence-electron chi connectivity index (χ1n) is 9.19. The van der Waals surface area contributed by atoms with Gasteiger partial charge in [0.2, 0.25) is 0 Å². The highest BCUT2D eigenvalue weighted by atomic mass is 14.6. The first kappa shape index (κ1) is 14.7. The second-order valence-corrected chi connectivity index (χ2v) is 7.26. The summed E-state index contributed by atoms with van der Waals surface area (Å²) in [7, 11) is 0. The van der Waals surface area contributed by atoms with Crippen molar-refractivity contribution in [3.63, 3.8) is 0 Å². The van der Waals surface area contributed by atoms with Crippen LogP contribution in [0.3, 0.4) is 0 Å². The van der Waals surface area contributed by atoms with Crippen LogP contribution in [0.4, 0.5) is 0 Å². The van der Waals surface area contributed by atoms with Crippen LogP contribution in [0.1, 0.15) is 23.1 Å². The van der Waals surface area contributed by atoms with E-state index in [0.29, 0.717) is 5.92 Å². The highest BCUT2D eigenvalue weighted by Gasteiger charge is 2.21. The van der Waals surface area contributed by atoms with E-state index in [1.165, 1.54) is 46.4 Å². The fraction of sp³-hybridized carbons (Fsp3) is 0.208. The quantitative estimate of drug-likeness (QED) is 0.429. The average Bonchev–Trinajstić information content (AvgIpc) is 2.68. The molecule has 1 heteroatoms. The SMILES string of the molecule is c1cncc(CC2CCc3ccc4c(ccc5ccccc54)c3C2)c1. The van der Waals surface area contributed by atoms with Crippen molar-refractivity contribution in [1.29, 1.82) is 0 Å². The van der Waals surface area contributed by atoms with Gasteiger partial charge < -0.3 is 0 Å². The van der Waals surface area contributed by atoms with Crippen molar-refractivity contribution >= 4 is 21.5 Å². The zero-order valence-electron chi connectivity index (χ0n) is 14.3. The van der Waals surface area contributed by atoms with Crippen molar-refractivity contribution in [2.24, 2.45) is 5.92 Å². The van der Waals surface area contributed by atoms with Crippen LogP contribution in [-0.2, 0) is 19.3 Å². The van der Waals surface area contributed by atoms with Gasteiger partial charge >= 0.3 is 0 Å². The van der Waals surface area contributed by atoms with Gasteiger partial charge in [-0.2, -0.15) is 0 Å². The Labute approximate surface area is 148 Å². The lowest BCUT2D eigenvalue weighted by Gasteiger charge is -2.26. The molecule has 122 valence electrons. The third kappa shape index (κ3) is 2.60. The zero-order chi connectivity index (χ0) is 16.6. The zero-order valence-corrected chi connectivity index (χ0v) is 14.3.